The number of hydrogen-bond donors (Lipinski definition) is 4. The summed E-state index contributed by atoms with van der Waals surface area (Å²) in [4.78, 5) is 21.2. The molecule has 4 N–H and O–H groups in total. The van der Waals surface area contributed by atoms with Gasteiger partial charge in [0.15, 0.2) is 0 Å². The lowest BCUT2D eigenvalue weighted by Crippen LogP contribution is -2.20. The van der Waals surface area contributed by atoms with Crippen molar-refractivity contribution in [2.75, 3.05) is 39.8 Å². The van der Waals surface area contributed by atoms with Crippen molar-refractivity contribution in [1.82, 2.24) is 10.6 Å². The Morgan fingerprint density at radius 2 is 1.14 bits per heavy atom. The molecule has 0 unspecified atom stereocenters. The lowest BCUT2D eigenvalue weighted by Gasteiger charge is -2.07. The molecular formula is C20H36N2O6. The van der Waals surface area contributed by atoms with Crippen LogP contribution in [0.3, 0.4) is 0 Å². The molecular weight excluding hydrogens is 364 g/mol. The van der Waals surface area contributed by atoms with Gasteiger partial charge in [-0.3, -0.25) is 10.6 Å². The van der Waals surface area contributed by atoms with E-state index in [0.717, 1.165) is 38.8 Å². The van der Waals surface area contributed by atoms with E-state index in [0.29, 0.717) is 50.7 Å². The topological polar surface area (TPSA) is 117 Å². The van der Waals surface area contributed by atoms with E-state index in [-0.39, 0.29) is 0 Å². The molecule has 0 heterocycles. The van der Waals surface area contributed by atoms with E-state index in [9.17, 15) is 9.59 Å². The zero-order chi connectivity index (χ0) is 21.0. The summed E-state index contributed by atoms with van der Waals surface area (Å²) >= 11 is 0. The predicted octanol–water partition coefficient (Wildman–Crippen LogP) is 2.52. The van der Waals surface area contributed by atoms with Gasteiger partial charge in [-0.15, -0.1) is 0 Å². The van der Waals surface area contributed by atoms with Gasteiger partial charge in [-0.05, 0) is 52.6 Å². The van der Waals surface area contributed by atoms with Crippen LogP contribution in [0, 0.1) is 0 Å². The van der Waals surface area contributed by atoms with Gasteiger partial charge >= 0.3 is 11.9 Å². The van der Waals surface area contributed by atoms with Crippen molar-refractivity contribution >= 4 is 11.9 Å². The van der Waals surface area contributed by atoms with E-state index >= 15 is 0 Å². The highest BCUT2D eigenvalue weighted by atomic mass is 16.5. The molecule has 0 atom stereocenters. The number of unbranched alkanes of at least 4 members (excludes halogenated alkanes) is 3. The van der Waals surface area contributed by atoms with Crippen LogP contribution in [0.25, 0.3) is 0 Å². The molecule has 0 fully saturated rings. The van der Waals surface area contributed by atoms with Crippen LogP contribution in [-0.4, -0.2) is 61.9 Å². The summed E-state index contributed by atoms with van der Waals surface area (Å²) < 4.78 is 10.8. The number of ether oxygens (including phenoxy) is 2. The Morgan fingerprint density at radius 3 is 1.50 bits per heavy atom. The number of carboxylic acid groups (broad SMARTS) is 2. The van der Waals surface area contributed by atoms with E-state index in [1.54, 1.807) is 26.0 Å². The Labute approximate surface area is 168 Å². The Hall–Kier alpha value is -1.74. The van der Waals surface area contributed by atoms with Crippen molar-refractivity contribution in [3.8, 4) is 0 Å². The molecule has 0 aromatic heterocycles. The van der Waals surface area contributed by atoms with Gasteiger partial charge in [-0.25, -0.2) is 9.59 Å². The minimum Gasteiger partial charge on any atom is -0.478 e. The van der Waals surface area contributed by atoms with Crippen LogP contribution in [0.5, 0.6) is 0 Å². The van der Waals surface area contributed by atoms with E-state index in [2.05, 4.69) is 10.6 Å². The molecule has 0 aromatic rings. The van der Waals surface area contributed by atoms with Gasteiger partial charge in [0, 0.05) is 11.1 Å². The van der Waals surface area contributed by atoms with Crippen LogP contribution in [-0.2, 0) is 19.1 Å². The SMILES string of the molecule is CC(=CCCOCNCCCCCCNCOCCC=C(C)C(=O)O)C(=O)O. The molecule has 28 heavy (non-hydrogen) atoms. The van der Waals surface area contributed by atoms with Crippen LogP contribution in [0.15, 0.2) is 23.3 Å². The summed E-state index contributed by atoms with van der Waals surface area (Å²) in [7, 11) is 0. The molecule has 0 saturated carbocycles. The molecule has 0 aliphatic rings. The first-order valence-corrected chi connectivity index (χ1v) is 9.82. The lowest BCUT2D eigenvalue weighted by molar-refractivity contribution is -0.133. The van der Waals surface area contributed by atoms with E-state index < -0.39 is 11.9 Å². The quantitative estimate of drug-likeness (QED) is 0.148. The van der Waals surface area contributed by atoms with Crippen molar-refractivity contribution in [1.29, 1.82) is 0 Å². The summed E-state index contributed by atoms with van der Waals surface area (Å²) in [5, 5.41) is 23.8. The second-order valence-electron chi connectivity index (χ2n) is 6.48. The highest BCUT2D eigenvalue weighted by molar-refractivity contribution is 5.86. The second kappa shape index (κ2) is 18.6. The fraction of sp³-hybridized carbons (Fsp3) is 0.700. The minimum atomic E-state index is -0.888. The predicted molar refractivity (Wildman–Crippen MR) is 108 cm³/mol. The van der Waals surface area contributed by atoms with E-state index in [1.165, 1.54) is 0 Å². The van der Waals surface area contributed by atoms with Gasteiger partial charge in [0.2, 0.25) is 0 Å². The monoisotopic (exact) mass is 400 g/mol. The van der Waals surface area contributed by atoms with Gasteiger partial charge in [0.1, 0.15) is 0 Å². The van der Waals surface area contributed by atoms with Crippen molar-refractivity contribution in [3.05, 3.63) is 23.3 Å². The van der Waals surface area contributed by atoms with Crippen LogP contribution in [0.2, 0.25) is 0 Å². The highest BCUT2D eigenvalue weighted by Crippen LogP contribution is 1.99. The molecule has 0 rings (SSSR count). The highest BCUT2D eigenvalue weighted by Gasteiger charge is 1.98. The molecule has 0 aliphatic heterocycles. The molecule has 0 saturated heterocycles. The lowest BCUT2D eigenvalue weighted by atomic mass is 10.2. The Bertz CT molecular complexity index is 447. The van der Waals surface area contributed by atoms with E-state index in [1.807, 2.05) is 0 Å². The second-order valence-corrected chi connectivity index (χ2v) is 6.48. The van der Waals surface area contributed by atoms with Crippen molar-refractivity contribution in [3.63, 3.8) is 0 Å². The maximum absolute atomic E-state index is 10.6. The molecule has 0 spiro atoms. The summed E-state index contributed by atoms with van der Waals surface area (Å²) in [6, 6.07) is 0. The van der Waals surface area contributed by atoms with Crippen LogP contribution in [0.1, 0.15) is 52.4 Å². The van der Waals surface area contributed by atoms with Gasteiger partial charge in [-0.2, -0.15) is 0 Å². The molecule has 0 amide bonds. The molecule has 8 nitrogen and oxygen atoms in total. The first-order chi connectivity index (χ1) is 13.4. The minimum absolute atomic E-state index is 0.348. The molecule has 8 heteroatoms. The normalized spacial score (nSPS) is 12.4. The van der Waals surface area contributed by atoms with Gasteiger partial charge in [-0.1, -0.05) is 25.0 Å². The number of carboxylic acids is 2. The van der Waals surface area contributed by atoms with Crippen molar-refractivity contribution in [2.24, 2.45) is 0 Å². The number of rotatable bonds is 19. The van der Waals surface area contributed by atoms with E-state index in [4.69, 9.17) is 19.7 Å². The van der Waals surface area contributed by atoms with Crippen molar-refractivity contribution < 1.29 is 29.3 Å². The Kier molecular flexibility index (Phi) is 17.5. The Balaban J connectivity index is 3.22. The molecule has 0 radical (unpaired) electrons. The van der Waals surface area contributed by atoms with Crippen LogP contribution >= 0.6 is 0 Å². The number of nitrogens with one attached hydrogen (secondary N) is 2. The first kappa shape index (κ1) is 26.3. The molecule has 0 aliphatic carbocycles. The smallest absolute Gasteiger partial charge is 0.330 e. The maximum Gasteiger partial charge on any atom is 0.330 e. The number of hydrogen-bond acceptors (Lipinski definition) is 6. The van der Waals surface area contributed by atoms with Crippen LogP contribution in [0.4, 0.5) is 0 Å². The first-order valence-electron chi connectivity index (χ1n) is 9.82. The largest absolute Gasteiger partial charge is 0.478 e. The molecule has 0 bridgehead atoms. The standard InChI is InChI=1S/C20H36N2O6/c1-17(19(23)24)9-7-13-27-15-21-11-5-3-4-6-12-22-16-28-14-8-10-18(2)20(25)26/h9-10,21-22H,3-8,11-16H2,1-2H3,(H,23,24)(H,25,26). The summed E-state index contributed by atoms with van der Waals surface area (Å²) in [6.07, 6.45) is 9.02. The van der Waals surface area contributed by atoms with Gasteiger partial charge < -0.3 is 19.7 Å². The molecule has 162 valence electrons. The van der Waals surface area contributed by atoms with Gasteiger partial charge in [0.25, 0.3) is 0 Å². The Morgan fingerprint density at radius 1 is 0.750 bits per heavy atom. The maximum atomic E-state index is 10.6. The fourth-order valence-corrected chi connectivity index (χ4v) is 2.18. The van der Waals surface area contributed by atoms with Crippen LogP contribution < -0.4 is 10.6 Å². The third-order valence-corrected chi connectivity index (χ3v) is 3.97. The summed E-state index contributed by atoms with van der Waals surface area (Å²) in [6.45, 7) is 6.97. The zero-order valence-corrected chi connectivity index (χ0v) is 17.2. The zero-order valence-electron chi connectivity index (χ0n) is 17.2. The average molecular weight is 401 g/mol. The number of carbonyl (C=O) groups is 2. The number of aliphatic carboxylic acids is 2. The fourth-order valence-electron chi connectivity index (χ4n) is 2.18. The third kappa shape index (κ3) is 17.7. The summed E-state index contributed by atoms with van der Waals surface area (Å²) in [5.41, 5.74) is 0.696. The van der Waals surface area contributed by atoms with Crippen molar-refractivity contribution in [2.45, 2.75) is 52.4 Å². The average Bonchev–Trinajstić information content (AvgIpc) is 2.66. The molecule has 0 aromatic carbocycles. The summed E-state index contributed by atoms with van der Waals surface area (Å²) in [5.74, 6) is -1.78. The third-order valence-electron chi connectivity index (χ3n) is 3.97. The van der Waals surface area contributed by atoms with Gasteiger partial charge in [0.05, 0.1) is 26.7 Å².